The van der Waals surface area contributed by atoms with Gasteiger partial charge in [0, 0.05) is 12.5 Å². The minimum Gasteiger partial charge on any atom is -0.268 e. The Bertz CT molecular complexity index is 1570. The highest BCUT2D eigenvalue weighted by Crippen LogP contribution is 2.44. The molecule has 1 aliphatic rings. The van der Waals surface area contributed by atoms with E-state index in [1.807, 2.05) is 99.6 Å². The van der Waals surface area contributed by atoms with Gasteiger partial charge >= 0.3 is 0 Å². The number of sulfonamides is 1. The number of hydrogen-bond acceptors (Lipinski definition) is 3. The van der Waals surface area contributed by atoms with Crippen molar-refractivity contribution < 1.29 is 13.2 Å². The molecule has 4 nitrogen and oxygen atoms in total. The van der Waals surface area contributed by atoms with Gasteiger partial charge in [0.15, 0.2) is 0 Å². The van der Waals surface area contributed by atoms with E-state index in [1.54, 1.807) is 24.3 Å². The average molecular weight is 508 g/mol. The molecule has 0 aromatic heterocycles. The molecule has 0 N–H and O–H groups in total. The maximum atomic E-state index is 14.2. The van der Waals surface area contributed by atoms with Gasteiger partial charge in [0.1, 0.15) is 0 Å². The molecule has 5 heteroatoms. The number of benzene rings is 4. The quantitative estimate of drug-likeness (QED) is 0.308. The second-order valence-corrected chi connectivity index (χ2v) is 11.5. The van der Waals surface area contributed by atoms with Crippen molar-refractivity contribution in [3.8, 4) is 0 Å². The normalized spacial score (nSPS) is 16.2. The standard InChI is InChI=1S/C32H29NO3S/c1-22-9-15-26(16-10-22)30-29(25-7-5-4-6-8-25)21-33(37(35,36)28-19-13-24(3)14-20-28)32(34)31(30)27-17-11-23(2)12-18-27/h4-20,29H,21H2,1-3H3. The first kappa shape index (κ1) is 24.7. The van der Waals surface area contributed by atoms with E-state index >= 15 is 0 Å². The van der Waals surface area contributed by atoms with Crippen LogP contribution < -0.4 is 0 Å². The molecular weight excluding hydrogens is 478 g/mol. The van der Waals surface area contributed by atoms with Crippen molar-refractivity contribution in [1.29, 1.82) is 0 Å². The Morgan fingerprint density at radius 3 is 1.68 bits per heavy atom. The summed E-state index contributed by atoms with van der Waals surface area (Å²) in [6, 6.07) is 32.3. The van der Waals surface area contributed by atoms with Crippen LogP contribution in [0.5, 0.6) is 0 Å². The molecule has 5 rings (SSSR count). The van der Waals surface area contributed by atoms with Gasteiger partial charge in [-0.1, -0.05) is 108 Å². The molecule has 0 fully saturated rings. The third-order valence-electron chi connectivity index (χ3n) is 6.92. The number of rotatable bonds is 5. The van der Waals surface area contributed by atoms with E-state index in [9.17, 15) is 13.2 Å². The molecule has 1 amide bonds. The first-order valence-corrected chi connectivity index (χ1v) is 13.8. The Balaban J connectivity index is 1.79. The molecule has 0 spiro atoms. The Labute approximate surface area is 219 Å². The lowest BCUT2D eigenvalue weighted by Gasteiger charge is -2.36. The zero-order valence-corrected chi connectivity index (χ0v) is 22.0. The molecule has 4 aromatic carbocycles. The Kier molecular flexibility index (Phi) is 6.57. The molecule has 4 aromatic rings. The molecule has 186 valence electrons. The van der Waals surface area contributed by atoms with Crippen LogP contribution in [0.3, 0.4) is 0 Å². The third kappa shape index (κ3) is 4.75. The molecule has 0 saturated carbocycles. The lowest BCUT2D eigenvalue weighted by atomic mass is 9.79. The van der Waals surface area contributed by atoms with Crippen molar-refractivity contribution in [2.24, 2.45) is 0 Å². The van der Waals surface area contributed by atoms with Gasteiger partial charge in [0.2, 0.25) is 0 Å². The first-order chi connectivity index (χ1) is 17.8. The molecule has 1 unspecified atom stereocenters. The van der Waals surface area contributed by atoms with Crippen molar-refractivity contribution in [2.45, 2.75) is 31.6 Å². The second-order valence-electron chi connectivity index (χ2n) is 9.64. The van der Waals surface area contributed by atoms with Crippen LogP contribution in [0.15, 0.2) is 108 Å². The largest absolute Gasteiger partial charge is 0.268 e. The Hall–Kier alpha value is -3.96. The highest BCUT2D eigenvalue weighted by Gasteiger charge is 2.41. The van der Waals surface area contributed by atoms with Crippen LogP contribution in [0.4, 0.5) is 0 Å². The van der Waals surface area contributed by atoms with E-state index in [2.05, 4.69) is 0 Å². The molecule has 1 heterocycles. The minimum atomic E-state index is -4.08. The monoisotopic (exact) mass is 507 g/mol. The summed E-state index contributed by atoms with van der Waals surface area (Å²) in [5.74, 6) is -0.842. The lowest BCUT2D eigenvalue weighted by Crippen LogP contribution is -2.44. The number of carbonyl (C=O) groups is 1. The van der Waals surface area contributed by atoms with Crippen LogP contribution in [-0.4, -0.2) is 25.2 Å². The minimum absolute atomic E-state index is 0.0254. The summed E-state index contributed by atoms with van der Waals surface area (Å²) in [5.41, 5.74) is 6.96. The summed E-state index contributed by atoms with van der Waals surface area (Å²) in [6.07, 6.45) is 0. The van der Waals surface area contributed by atoms with Crippen molar-refractivity contribution in [1.82, 2.24) is 4.31 Å². The molecule has 1 atom stereocenters. The number of nitrogens with zero attached hydrogens (tertiary/aromatic N) is 1. The second kappa shape index (κ2) is 9.83. The summed E-state index contributed by atoms with van der Waals surface area (Å²) in [4.78, 5) is 14.3. The number of carbonyl (C=O) groups excluding carboxylic acids is 1. The fraction of sp³-hybridized carbons (Fsp3) is 0.156. The lowest BCUT2D eigenvalue weighted by molar-refractivity contribution is -0.121. The van der Waals surface area contributed by atoms with Crippen molar-refractivity contribution in [3.05, 3.63) is 137 Å². The predicted molar refractivity (Wildman–Crippen MR) is 148 cm³/mol. The van der Waals surface area contributed by atoms with E-state index in [-0.39, 0.29) is 17.4 Å². The number of hydrogen-bond donors (Lipinski definition) is 0. The third-order valence-corrected chi connectivity index (χ3v) is 8.68. The highest BCUT2D eigenvalue weighted by atomic mass is 32.2. The Morgan fingerprint density at radius 1 is 0.649 bits per heavy atom. The topological polar surface area (TPSA) is 54.5 Å². The number of aryl methyl sites for hydroxylation is 3. The molecule has 0 aliphatic carbocycles. The van der Waals surface area contributed by atoms with Crippen LogP contribution in [0, 0.1) is 20.8 Å². The summed E-state index contributed by atoms with van der Waals surface area (Å²) >= 11 is 0. The molecule has 1 aliphatic heterocycles. The van der Waals surface area contributed by atoms with Crippen LogP contribution >= 0.6 is 0 Å². The van der Waals surface area contributed by atoms with Gasteiger partial charge in [0.25, 0.3) is 15.9 Å². The maximum Gasteiger partial charge on any atom is 0.268 e. The van der Waals surface area contributed by atoms with Gasteiger partial charge in [-0.05, 0) is 55.2 Å². The fourth-order valence-corrected chi connectivity index (χ4v) is 6.22. The van der Waals surface area contributed by atoms with E-state index in [0.29, 0.717) is 11.1 Å². The summed E-state index contributed by atoms with van der Waals surface area (Å²) in [7, 11) is -4.08. The first-order valence-electron chi connectivity index (χ1n) is 12.3. The Morgan fingerprint density at radius 2 is 1.14 bits per heavy atom. The predicted octanol–water partition coefficient (Wildman–Crippen LogP) is 6.54. The zero-order chi connectivity index (χ0) is 26.2. The fourth-order valence-electron chi connectivity index (χ4n) is 4.83. The van der Waals surface area contributed by atoms with Crippen molar-refractivity contribution in [3.63, 3.8) is 0 Å². The molecular formula is C32H29NO3S. The van der Waals surface area contributed by atoms with Crippen LogP contribution in [0.25, 0.3) is 11.1 Å². The summed E-state index contributed by atoms with van der Waals surface area (Å²) < 4.78 is 28.8. The SMILES string of the molecule is Cc1ccc(C2=C(c3ccc(C)cc3)C(c3ccccc3)CN(S(=O)(=O)c3ccc(C)cc3)C2=O)cc1. The van der Waals surface area contributed by atoms with E-state index in [1.165, 1.54) is 0 Å². The molecule has 37 heavy (non-hydrogen) atoms. The highest BCUT2D eigenvalue weighted by molar-refractivity contribution is 7.89. The number of amides is 1. The van der Waals surface area contributed by atoms with Crippen LogP contribution in [-0.2, 0) is 14.8 Å². The molecule has 0 saturated heterocycles. The van der Waals surface area contributed by atoms with E-state index in [0.717, 1.165) is 37.7 Å². The van der Waals surface area contributed by atoms with Crippen LogP contribution in [0.1, 0.15) is 39.3 Å². The van der Waals surface area contributed by atoms with Gasteiger partial charge in [-0.25, -0.2) is 12.7 Å². The maximum absolute atomic E-state index is 14.2. The van der Waals surface area contributed by atoms with Gasteiger partial charge in [0.05, 0.1) is 10.5 Å². The van der Waals surface area contributed by atoms with Crippen molar-refractivity contribution in [2.75, 3.05) is 6.54 Å². The smallest absolute Gasteiger partial charge is 0.268 e. The van der Waals surface area contributed by atoms with Gasteiger partial charge < -0.3 is 0 Å². The van der Waals surface area contributed by atoms with Gasteiger partial charge in [-0.15, -0.1) is 0 Å². The summed E-state index contributed by atoms with van der Waals surface area (Å²) in [6.45, 7) is 5.94. The van der Waals surface area contributed by atoms with E-state index in [4.69, 9.17) is 0 Å². The van der Waals surface area contributed by atoms with E-state index < -0.39 is 15.9 Å². The zero-order valence-electron chi connectivity index (χ0n) is 21.2. The van der Waals surface area contributed by atoms with Crippen LogP contribution in [0.2, 0.25) is 0 Å². The molecule has 0 radical (unpaired) electrons. The van der Waals surface area contributed by atoms with Crippen molar-refractivity contribution >= 4 is 27.1 Å². The van der Waals surface area contributed by atoms with Gasteiger partial charge in [-0.2, -0.15) is 0 Å². The molecule has 0 bridgehead atoms. The average Bonchev–Trinajstić information content (AvgIpc) is 2.90. The van der Waals surface area contributed by atoms with Gasteiger partial charge in [-0.3, -0.25) is 4.79 Å². The summed E-state index contributed by atoms with van der Waals surface area (Å²) in [5, 5.41) is 0.